The van der Waals surface area contributed by atoms with Gasteiger partial charge in [0, 0.05) is 10.7 Å². The molecule has 0 bridgehead atoms. The summed E-state index contributed by atoms with van der Waals surface area (Å²) in [5, 5.41) is 10.9. The maximum Gasteiger partial charge on any atom is 0.219 e. The van der Waals surface area contributed by atoms with Crippen LogP contribution in [0.25, 0.3) is 0 Å². The molecule has 0 N–H and O–H groups in total. The third-order valence-electron chi connectivity index (χ3n) is 4.07. The molecule has 0 heterocycles. The molecule has 25 heavy (non-hydrogen) atoms. The van der Waals surface area contributed by atoms with E-state index >= 15 is 0 Å². The minimum atomic E-state index is -0.245. The molecule has 0 aromatic heterocycles. The van der Waals surface area contributed by atoms with Crippen LogP contribution in [-0.4, -0.2) is 18.6 Å². The Hall–Kier alpha value is -2.01. The fourth-order valence-electron chi connectivity index (χ4n) is 2.51. The molecule has 2 aromatic rings. The predicted molar refractivity (Wildman–Crippen MR) is 104 cm³/mol. The smallest absolute Gasteiger partial charge is 0.219 e. The van der Waals surface area contributed by atoms with Crippen molar-refractivity contribution in [3.63, 3.8) is 0 Å². The van der Waals surface area contributed by atoms with Gasteiger partial charge >= 0.3 is 0 Å². The van der Waals surface area contributed by atoms with Crippen LogP contribution in [0.4, 0.5) is 0 Å². The summed E-state index contributed by atoms with van der Waals surface area (Å²) in [6.45, 7) is 6.48. The highest BCUT2D eigenvalue weighted by Crippen LogP contribution is 2.33. The van der Waals surface area contributed by atoms with Gasteiger partial charge in [0.15, 0.2) is 0 Å². The molecule has 0 saturated heterocycles. The van der Waals surface area contributed by atoms with Gasteiger partial charge in [0.05, 0.1) is 12.4 Å². The molecule has 0 aliphatic carbocycles. The minimum absolute atomic E-state index is 0.0862. The Morgan fingerprint density at radius 1 is 1.08 bits per heavy atom. The van der Waals surface area contributed by atoms with E-state index in [1.165, 1.54) is 11.1 Å². The summed E-state index contributed by atoms with van der Waals surface area (Å²) >= 11 is 1.60. The maximum absolute atomic E-state index is 11.0. The summed E-state index contributed by atoms with van der Waals surface area (Å²) in [5.41, 5.74) is 3.55. The second kappa shape index (κ2) is 8.39. The zero-order valence-electron chi connectivity index (χ0n) is 15.2. The zero-order chi connectivity index (χ0) is 18.4. The van der Waals surface area contributed by atoms with E-state index in [4.69, 9.17) is 4.74 Å². The van der Waals surface area contributed by atoms with Gasteiger partial charge in [0.2, 0.25) is 6.54 Å². The lowest BCUT2D eigenvalue weighted by molar-refractivity contribution is -0.479. The Morgan fingerprint density at radius 2 is 1.68 bits per heavy atom. The van der Waals surface area contributed by atoms with Crippen LogP contribution in [0.5, 0.6) is 5.75 Å². The molecular weight excluding hydrogens is 334 g/mol. The van der Waals surface area contributed by atoms with Gasteiger partial charge in [-0.1, -0.05) is 57.2 Å². The van der Waals surface area contributed by atoms with E-state index in [-0.39, 0.29) is 22.1 Å². The van der Waals surface area contributed by atoms with Crippen molar-refractivity contribution < 1.29 is 9.66 Å². The van der Waals surface area contributed by atoms with E-state index in [1.807, 2.05) is 24.3 Å². The van der Waals surface area contributed by atoms with Gasteiger partial charge in [-0.05, 0) is 34.2 Å². The first-order valence-corrected chi connectivity index (χ1v) is 9.31. The number of hydrogen-bond donors (Lipinski definition) is 0. The van der Waals surface area contributed by atoms with Gasteiger partial charge in [0.1, 0.15) is 5.75 Å². The number of nitrogens with zero attached hydrogens (tertiary/aromatic N) is 1. The molecule has 0 spiro atoms. The SMILES string of the molecule is COc1ccc([C@@H](C[N+](=O)[O-])SCc2ccc(C(C)(C)C)cc2)cc1. The number of hydrogen-bond acceptors (Lipinski definition) is 4. The van der Waals surface area contributed by atoms with Gasteiger partial charge in [-0.15, -0.1) is 11.8 Å². The standard InChI is InChI=1S/C20H25NO3S/c1-20(2,3)17-9-5-15(6-10-17)14-25-19(13-21(22)23)16-7-11-18(24-4)12-8-16/h5-12,19H,13-14H2,1-4H3/t19-/m1/s1. The molecule has 2 aromatic carbocycles. The number of benzene rings is 2. The normalized spacial score (nSPS) is 12.6. The Kier molecular flexibility index (Phi) is 6.48. The number of rotatable bonds is 7. The topological polar surface area (TPSA) is 52.4 Å². The molecular formula is C20H25NO3S. The molecule has 0 aliphatic heterocycles. The fourth-order valence-corrected chi connectivity index (χ4v) is 3.67. The Labute approximate surface area is 153 Å². The first kappa shape index (κ1) is 19.3. The van der Waals surface area contributed by atoms with Crippen molar-refractivity contribution in [3.8, 4) is 5.75 Å². The van der Waals surface area contributed by atoms with Gasteiger partial charge in [-0.25, -0.2) is 0 Å². The average molecular weight is 359 g/mol. The minimum Gasteiger partial charge on any atom is -0.497 e. The van der Waals surface area contributed by atoms with E-state index in [1.54, 1.807) is 18.9 Å². The van der Waals surface area contributed by atoms with Crippen molar-refractivity contribution in [3.05, 3.63) is 75.3 Å². The van der Waals surface area contributed by atoms with E-state index in [0.29, 0.717) is 0 Å². The fraction of sp³-hybridized carbons (Fsp3) is 0.400. The van der Waals surface area contributed by atoms with Gasteiger partial charge < -0.3 is 4.74 Å². The molecule has 2 rings (SSSR count). The van der Waals surface area contributed by atoms with E-state index in [9.17, 15) is 10.1 Å². The monoisotopic (exact) mass is 359 g/mol. The Balaban J connectivity index is 2.07. The maximum atomic E-state index is 11.0. The molecule has 134 valence electrons. The van der Waals surface area contributed by atoms with Crippen molar-refractivity contribution >= 4 is 11.8 Å². The molecule has 0 saturated carbocycles. The molecule has 1 atom stereocenters. The van der Waals surface area contributed by atoms with Crippen molar-refractivity contribution in [2.45, 2.75) is 37.2 Å². The first-order valence-electron chi connectivity index (χ1n) is 8.26. The van der Waals surface area contributed by atoms with Crippen LogP contribution in [0.2, 0.25) is 0 Å². The lowest BCUT2D eigenvalue weighted by atomic mass is 9.87. The van der Waals surface area contributed by atoms with Crippen LogP contribution >= 0.6 is 11.8 Å². The largest absolute Gasteiger partial charge is 0.497 e. The summed E-state index contributed by atoms with van der Waals surface area (Å²) in [5.74, 6) is 1.50. The van der Waals surface area contributed by atoms with Crippen molar-refractivity contribution in [2.75, 3.05) is 13.7 Å². The molecule has 0 amide bonds. The number of ether oxygens (including phenoxy) is 1. The first-order chi connectivity index (χ1) is 11.8. The number of methoxy groups -OCH3 is 1. The van der Waals surface area contributed by atoms with E-state index < -0.39 is 0 Å². The molecule has 0 unspecified atom stereocenters. The average Bonchev–Trinajstić information content (AvgIpc) is 2.58. The summed E-state index contributed by atoms with van der Waals surface area (Å²) in [4.78, 5) is 10.8. The van der Waals surface area contributed by atoms with Crippen LogP contribution in [-0.2, 0) is 11.2 Å². The van der Waals surface area contributed by atoms with Gasteiger partial charge in [-0.3, -0.25) is 10.1 Å². The Morgan fingerprint density at radius 3 is 2.16 bits per heavy atom. The summed E-state index contributed by atoms with van der Waals surface area (Å²) in [7, 11) is 1.61. The van der Waals surface area contributed by atoms with Crippen LogP contribution in [0.15, 0.2) is 48.5 Å². The van der Waals surface area contributed by atoms with Crippen LogP contribution in [0, 0.1) is 10.1 Å². The lowest BCUT2D eigenvalue weighted by Crippen LogP contribution is -2.11. The second-order valence-electron chi connectivity index (χ2n) is 7.04. The van der Waals surface area contributed by atoms with Gasteiger partial charge in [0.25, 0.3) is 0 Å². The highest BCUT2D eigenvalue weighted by atomic mass is 32.2. The zero-order valence-corrected chi connectivity index (χ0v) is 16.0. The number of thioether (sulfide) groups is 1. The second-order valence-corrected chi connectivity index (χ2v) is 8.23. The van der Waals surface area contributed by atoms with Crippen molar-refractivity contribution in [1.82, 2.24) is 0 Å². The van der Waals surface area contributed by atoms with E-state index in [2.05, 4.69) is 45.0 Å². The highest BCUT2D eigenvalue weighted by molar-refractivity contribution is 7.98. The third kappa shape index (κ3) is 5.78. The van der Waals surface area contributed by atoms with Crippen LogP contribution in [0.3, 0.4) is 0 Å². The summed E-state index contributed by atoms with van der Waals surface area (Å²) < 4.78 is 5.16. The van der Waals surface area contributed by atoms with Crippen LogP contribution in [0.1, 0.15) is 42.7 Å². The van der Waals surface area contributed by atoms with Gasteiger partial charge in [-0.2, -0.15) is 0 Å². The molecule has 0 aliphatic rings. The lowest BCUT2D eigenvalue weighted by Gasteiger charge is -2.19. The van der Waals surface area contributed by atoms with Crippen molar-refractivity contribution in [1.29, 1.82) is 0 Å². The molecule has 0 radical (unpaired) electrons. The molecule has 4 nitrogen and oxygen atoms in total. The van der Waals surface area contributed by atoms with E-state index in [0.717, 1.165) is 17.1 Å². The number of nitro groups is 1. The quantitative estimate of drug-likeness (QED) is 0.501. The molecule has 0 fully saturated rings. The van der Waals surface area contributed by atoms with Crippen molar-refractivity contribution in [2.24, 2.45) is 0 Å². The molecule has 5 heteroatoms. The highest BCUT2D eigenvalue weighted by Gasteiger charge is 2.19. The third-order valence-corrected chi connectivity index (χ3v) is 5.40. The predicted octanol–water partition coefficient (Wildman–Crippen LogP) is 5.24. The summed E-state index contributed by atoms with van der Waals surface area (Å²) in [6.07, 6.45) is 0. The Bertz CT molecular complexity index is 690. The van der Waals surface area contributed by atoms with Crippen LogP contribution < -0.4 is 4.74 Å². The summed E-state index contributed by atoms with van der Waals surface area (Å²) in [6, 6.07) is 16.0.